The molecule has 2 N–H and O–H groups in total. The number of carboxylic acid groups (broad SMARTS) is 1. The van der Waals surface area contributed by atoms with Crippen LogP contribution in [-0.2, 0) is 14.4 Å². The van der Waals surface area contributed by atoms with Crippen molar-refractivity contribution in [3.63, 3.8) is 0 Å². The average molecular weight is 673 g/mol. The Morgan fingerprint density at radius 1 is 1.00 bits per heavy atom. The lowest BCUT2D eigenvalue weighted by Crippen LogP contribution is -2.20. The van der Waals surface area contributed by atoms with Gasteiger partial charge in [-0.1, -0.05) is 22.6 Å². The number of rotatable bonds is 5. The van der Waals surface area contributed by atoms with E-state index in [1.54, 1.807) is 67.8 Å². The van der Waals surface area contributed by atoms with E-state index in [0.717, 1.165) is 13.8 Å². The predicted molar refractivity (Wildman–Crippen MR) is 109 cm³/mol. The Morgan fingerprint density at radius 3 is 1.92 bits per heavy atom. The maximum absolute atomic E-state index is 11.7. The highest BCUT2D eigenvalue weighted by atomic mass is 127. The van der Waals surface area contributed by atoms with Crippen LogP contribution in [-0.4, -0.2) is 33.3 Å². The highest BCUT2D eigenvalue weighted by Gasteiger charge is 2.30. The topological polar surface area (TPSA) is 119 Å². The second-order valence-corrected chi connectivity index (χ2v) is 7.13. The standard InChI is InChI=1S/C13H10I3NO7/c1-4(18)23-11-8(15)7(13(21)22)10(17-6(20)3-14)12(9(11)16)24-5(2)19/h3H2,1-2H3,(H,17,20)(H,21,22). The quantitative estimate of drug-likeness (QED) is 0.214. The van der Waals surface area contributed by atoms with E-state index in [9.17, 15) is 24.3 Å². The van der Waals surface area contributed by atoms with Crippen LogP contribution in [0, 0.1) is 7.14 Å². The van der Waals surface area contributed by atoms with Crippen LogP contribution in [0.15, 0.2) is 0 Å². The van der Waals surface area contributed by atoms with Gasteiger partial charge in [0, 0.05) is 13.8 Å². The summed E-state index contributed by atoms with van der Waals surface area (Å²) in [5.41, 5.74) is -0.495. The molecule has 0 spiro atoms. The summed E-state index contributed by atoms with van der Waals surface area (Å²) in [6.07, 6.45) is 0. The Hall–Kier alpha value is -0.710. The summed E-state index contributed by atoms with van der Waals surface area (Å²) in [6, 6.07) is 0. The molecule has 0 saturated heterocycles. The number of nitrogens with one attached hydrogen (secondary N) is 1. The monoisotopic (exact) mass is 673 g/mol. The van der Waals surface area contributed by atoms with Gasteiger partial charge in [-0.25, -0.2) is 4.79 Å². The zero-order valence-electron chi connectivity index (χ0n) is 12.2. The summed E-state index contributed by atoms with van der Waals surface area (Å²) in [4.78, 5) is 46.1. The van der Waals surface area contributed by atoms with E-state index < -0.39 is 23.8 Å². The van der Waals surface area contributed by atoms with Crippen molar-refractivity contribution in [2.45, 2.75) is 13.8 Å². The second kappa shape index (κ2) is 9.12. The van der Waals surface area contributed by atoms with Crippen LogP contribution in [0.25, 0.3) is 0 Å². The van der Waals surface area contributed by atoms with E-state index in [1.807, 2.05) is 0 Å². The fraction of sp³-hybridized carbons (Fsp3) is 0.231. The molecule has 1 aromatic rings. The molecule has 0 unspecified atom stereocenters. The lowest BCUT2D eigenvalue weighted by atomic mass is 10.1. The molecular weight excluding hydrogens is 663 g/mol. The average Bonchev–Trinajstić information content (AvgIpc) is 2.46. The number of carboxylic acids is 1. The molecule has 130 valence electrons. The number of benzene rings is 1. The van der Waals surface area contributed by atoms with Crippen LogP contribution in [0.3, 0.4) is 0 Å². The molecule has 0 heterocycles. The number of halogens is 3. The molecule has 0 aromatic heterocycles. The van der Waals surface area contributed by atoms with Gasteiger partial charge in [0.15, 0.2) is 11.5 Å². The number of esters is 2. The number of ether oxygens (including phenoxy) is 2. The minimum atomic E-state index is -1.37. The van der Waals surface area contributed by atoms with Crippen molar-refractivity contribution in [2.24, 2.45) is 0 Å². The van der Waals surface area contributed by atoms with Gasteiger partial charge in [0.25, 0.3) is 0 Å². The highest BCUT2D eigenvalue weighted by Crippen LogP contribution is 2.44. The largest absolute Gasteiger partial charge is 0.478 e. The Balaban J connectivity index is 3.80. The molecule has 0 fully saturated rings. The number of aromatic carboxylic acids is 1. The van der Waals surface area contributed by atoms with Crippen molar-refractivity contribution in [2.75, 3.05) is 9.74 Å². The van der Waals surface area contributed by atoms with Crippen LogP contribution in [0.5, 0.6) is 11.5 Å². The van der Waals surface area contributed by atoms with Gasteiger partial charge >= 0.3 is 17.9 Å². The first-order valence-electron chi connectivity index (χ1n) is 6.11. The smallest absolute Gasteiger partial charge is 0.339 e. The Bertz CT molecular complexity index is 733. The van der Waals surface area contributed by atoms with E-state index in [2.05, 4.69) is 5.32 Å². The number of carbonyl (C=O) groups excluding carboxylic acids is 3. The first kappa shape index (κ1) is 21.3. The predicted octanol–water partition coefficient (Wildman–Crippen LogP) is 2.82. The van der Waals surface area contributed by atoms with Crippen molar-refractivity contribution in [1.82, 2.24) is 0 Å². The normalized spacial score (nSPS) is 10.0. The zero-order valence-corrected chi connectivity index (χ0v) is 18.7. The molecule has 0 aliphatic rings. The van der Waals surface area contributed by atoms with Gasteiger partial charge in [0.2, 0.25) is 5.91 Å². The van der Waals surface area contributed by atoms with Gasteiger partial charge in [0.1, 0.15) is 14.8 Å². The van der Waals surface area contributed by atoms with Gasteiger partial charge < -0.3 is 19.9 Å². The van der Waals surface area contributed by atoms with Gasteiger partial charge in [-0.15, -0.1) is 0 Å². The highest BCUT2D eigenvalue weighted by molar-refractivity contribution is 14.1. The Labute approximate surface area is 177 Å². The third-order valence-electron chi connectivity index (χ3n) is 2.39. The first-order valence-corrected chi connectivity index (χ1v) is 9.79. The zero-order chi connectivity index (χ0) is 18.6. The van der Waals surface area contributed by atoms with Gasteiger partial charge in [0.05, 0.1) is 8.00 Å². The molecule has 1 rings (SSSR count). The van der Waals surface area contributed by atoms with E-state index in [1.165, 1.54) is 0 Å². The molecular formula is C13H10I3NO7. The molecule has 1 aromatic carbocycles. The fourth-order valence-electron chi connectivity index (χ4n) is 1.61. The van der Waals surface area contributed by atoms with E-state index in [0.29, 0.717) is 0 Å². The fourth-order valence-corrected chi connectivity index (χ4v) is 3.96. The van der Waals surface area contributed by atoms with Gasteiger partial charge in [-0.3, -0.25) is 14.4 Å². The molecule has 0 radical (unpaired) electrons. The van der Waals surface area contributed by atoms with E-state index in [4.69, 9.17) is 9.47 Å². The van der Waals surface area contributed by atoms with Gasteiger partial charge in [-0.2, -0.15) is 0 Å². The summed E-state index contributed by atoms with van der Waals surface area (Å²) in [6.45, 7) is 2.29. The molecule has 11 heteroatoms. The second-order valence-electron chi connectivity index (χ2n) is 4.21. The van der Waals surface area contributed by atoms with Crippen LogP contribution in [0.1, 0.15) is 24.2 Å². The number of alkyl halides is 1. The first-order chi connectivity index (χ1) is 11.1. The Kier molecular flexibility index (Phi) is 8.10. The van der Waals surface area contributed by atoms with Crippen molar-refractivity contribution in [3.8, 4) is 11.5 Å². The SMILES string of the molecule is CC(=O)Oc1c(I)c(OC(C)=O)c(NC(=O)CI)c(C(=O)O)c1I. The molecule has 0 saturated carbocycles. The molecule has 0 atom stereocenters. The van der Waals surface area contributed by atoms with Crippen LogP contribution in [0.4, 0.5) is 5.69 Å². The molecule has 0 bridgehead atoms. The molecule has 0 aliphatic heterocycles. The third kappa shape index (κ3) is 5.14. The number of hydrogen-bond acceptors (Lipinski definition) is 6. The maximum Gasteiger partial charge on any atom is 0.339 e. The molecule has 8 nitrogen and oxygen atoms in total. The third-order valence-corrected chi connectivity index (χ3v) is 5.09. The summed E-state index contributed by atoms with van der Waals surface area (Å²) < 4.78 is 10.5. The van der Waals surface area contributed by atoms with Crippen LogP contribution in [0.2, 0.25) is 0 Å². The number of anilines is 1. The number of carbonyl (C=O) groups is 4. The minimum Gasteiger partial charge on any atom is -0.478 e. The van der Waals surface area contributed by atoms with E-state index >= 15 is 0 Å². The van der Waals surface area contributed by atoms with Crippen molar-refractivity contribution >= 4 is 97.3 Å². The molecule has 24 heavy (non-hydrogen) atoms. The minimum absolute atomic E-state index is 0.0511. The lowest BCUT2D eigenvalue weighted by Gasteiger charge is -2.19. The molecule has 1 amide bonds. The number of amides is 1. The summed E-state index contributed by atoms with van der Waals surface area (Å²) >= 11 is 5.25. The van der Waals surface area contributed by atoms with Crippen molar-refractivity contribution in [1.29, 1.82) is 0 Å². The Morgan fingerprint density at radius 2 is 1.50 bits per heavy atom. The summed E-state index contributed by atoms with van der Waals surface area (Å²) in [5, 5.41) is 11.9. The van der Waals surface area contributed by atoms with Crippen molar-refractivity contribution in [3.05, 3.63) is 12.7 Å². The van der Waals surface area contributed by atoms with Crippen molar-refractivity contribution < 1.29 is 33.8 Å². The van der Waals surface area contributed by atoms with E-state index in [-0.39, 0.29) is 34.3 Å². The number of hydrogen-bond donors (Lipinski definition) is 2. The molecule has 0 aliphatic carbocycles. The summed E-state index contributed by atoms with van der Waals surface area (Å²) in [5.74, 6) is -3.47. The van der Waals surface area contributed by atoms with Crippen LogP contribution >= 0.6 is 67.8 Å². The van der Waals surface area contributed by atoms with Gasteiger partial charge in [-0.05, 0) is 45.2 Å². The summed E-state index contributed by atoms with van der Waals surface area (Å²) in [7, 11) is 0. The lowest BCUT2D eigenvalue weighted by molar-refractivity contribution is -0.132. The van der Waals surface area contributed by atoms with Crippen LogP contribution < -0.4 is 14.8 Å². The maximum atomic E-state index is 11.7.